The molecule has 5 aromatic rings. The Labute approximate surface area is 245 Å². The summed E-state index contributed by atoms with van der Waals surface area (Å²) in [6.45, 7) is 2.47. The maximum Gasteiger partial charge on any atom is 0.251 e. The number of hydrogen-bond acceptors (Lipinski definition) is 5. The minimum absolute atomic E-state index is 0.0648. The van der Waals surface area contributed by atoms with Gasteiger partial charge in [-0.25, -0.2) is 8.78 Å². The Hall–Kier alpha value is -5.18. The first-order valence-corrected chi connectivity index (χ1v) is 13.9. The quantitative estimate of drug-likeness (QED) is 0.233. The van der Waals surface area contributed by atoms with Crippen molar-refractivity contribution in [3.63, 3.8) is 0 Å². The number of fused-ring (bicyclic) bond motifs is 2. The van der Waals surface area contributed by atoms with Gasteiger partial charge in [0.05, 0.1) is 11.1 Å². The minimum Gasteiger partial charge on any atom is -0.454 e. The monoisotopic (exact) mass is 579 g/mol. The fourth-order valence-corrected chi connectivity index (χ4v) is 5.58. The molecule has 0 saturated carbocycles. The molecule has 1 N–H and O–H groups in total. The van der Waals surface area contributed by atoms with E-state index in [0.717, 1.165) is 12.0 Å². The molecule has 1 aliphatic rings. The van der Waals surface area contributed by atoms with E-state index in [2.05, 4.69) is 10.3 Å². The van der Waals surface area contributed by atoms with Gasteiger partial charge in [-0.15, -0.1) is 0 Å². The Morgan fingerprint density at radius 3 is 2.56 bits per heavy atom. The van der Waals surface area contributed by atoms with Gasteiger partial charge in [-0.1, -0.05) is 18.2 Å². The van der Waals surface area contributed by atoms with Crippen LogP contribution in [0.2, 0.25) is 0 Å². The van der Waals surface area contributed by atoms with Crippen molar-refractivity contribution < 1.29 is 23.1 Å². The third kappa shape index (κ3) is 5.30. The van der Waals surface area contributed by atoms with Crippen LogP contribution in [0.4, 0.5) is 8.78 Å². The lowest BCUT2D eigenvalue weighted by Crippen LogP contribution is -2.23. The third-order valence-corrected chi connectivity index (χ3v) is 7.74. The zero-order valence-electron chi connectivity index (χ0n) is 23.5. The summed E-state index contributed by atoms with van der Waals surface area (Å²) < 4.78 is 36.6. The molecule has 7 nitrogen and oxygen atoms in total. The number of carbonyl (C=O) groups is 2. The molecule has 0 fully saturated rings. The van der Waals surface area contributed by atoms with Gasteiger partial charge in [0.1, 0.15) is 11.6 Å². The molecule has 6 rings (SSSR count). The highest BCUT2D eigenvalue weighted by atomic mass is 19.1. The molecular formula is C34H27F2N3O4. The Kier molecular flexibility index (Phi) is 7.31. The zero-order chi connectivity index (χ0) is 30.2. The Morgan fingerprint density at radius 2 is 1.81 bits per heavy atom. The number of benzene rings is 3. The molecule has 0 saturated heterocycles. The van der Waals surface area contributed by atoms with Crippen LogP contribution in [-0.4, -0.2) is 28.3 Å². The van der Waals surface area contributed by atoms with Crippen molar-refractivity contribution in [2.45, 2.75) is 32.7 Å². The lowest BCUT2D eigenvalue weighted by molar-refractivity contribution is 0.0960. The fourth-order valence-electron chi connectivity index (χ4n) is 5.58. The molecule has 0 aliphatic carbocycles. The highest BCUT2D eigenvalue weighted by Crippen LogP contribution is 2.33. The molecule has 0 radical (unpaired) electrons. The second-order valence-electron chi connectivity index (χ2n) is 10.5. The van der Waals surface area contributed by atoms with Crippen molar-refractivity contribution in [1.29, 1.82) is 0 Å². The number of nitrogens with zero attached hydrogens (tertiary/aromatic N) is 2. The number of carbonyl (C=O) groups excluding carboxylic acids is 2. The van der Waals surface area contributed by atoms with E-state index in [4.69, 9.17) is 4.74 Å². The average molecular weight is 580 g/mol. The number of Topliss-reactive ketones (excluding diaryl/α,β-unsaturated/α-hetero) is 1. The first kappa shape index (κ1) is 28.0. The second kappa shape index (κ2) is 11.2. The van der Waals surface area contributed by atoms with Crippen LogP contribution in [0, 0.1) is 18.6 Å². The van der Waals surface area contributed by atoms with Crippen LogP contribution in [0.5, 0.6) is 11.5 Å². The number of nitrogens with one attached hydrogen (secondary N) is 1. The number of pyridine rings is 2. The number of halogens is 2. The summed E-state index contributed by atoms with van der Waals surface area (Å²) in [7, 11) is 1.54. The summed E-state index contributed by atoms with van der Waals surface area (Å²) in [5.41, 5.74) is 3.35. The molecule has 216 valence electrons. The number of ether oxygens (including phenoxy) is 1. The number of aryl methyl sites for hydroxylation is 2. The van der Waals surface area contributed by atoms with Gasteiger partial charge in [0.2, 0.25) is 0 Å². The third-order valence-electron chi connectivity index (χ3n) is 7.74. The van der Waals surface area contributed by atoms with Crippen molar-refractivity contribution >= 4 is 22.6 Å². The molecule has 0 unspecified atom stereocenters. The van der Waals surface area contributed by atoms with E-state index in [1.165, 1.54) is 36.4 Å². The summed E-state index contributed by atoms with van der Waals surface area (Å²) in [6.07, 6.45) is 4.46. The summed E-state index contributed by atoms with van der Waals surface area (Å²) in [4.78, 5) is 43.7. The smallest absolute Gasteiger partial charge is 0.251 e. The Bertz CT molecular complexity index is 1980. The van der Waals surface area contributed by atoms with Crippen LogP contribution in [0.15, 0.2) is 77.9 Å². The molecule has 43 heavy (non-hydrogen) atoms. The summed E-state index contributed by atoms with van der Waals surface area (Å²) in [5, 5.41) is 3.15. The van der Waals surface area contributed by atoms with Gasteiger partial charge >= 0.3 is 0 Å². The Balaban J connectivity index is 1.29. The van der Waals surface area contributed by atoms with Crippen LogP contribution in [0.1, 0.15) is 44.0 Å². The lowest BCUT2D eigenvalue weighted by atomic mass is 9.96. The molecular weight excluding hydrogens is 552 g/mol. The van der Waals surface area contributed by atoms with Gasteiger partial charge in [-0.05, 0) is 78.9 Å². The van der Waals surface area contributed by atoms with Crippen molar-refractivity contribution in [3.8, 4) is 22.6 Å². The molecule has 0 bridgehead atoms. The molecule has 1 amide bonds. The predicted molar refractivity (Wildman–Crippen MR) is 159 cm³/mol. The number of hydrogen-bond donors (Lipinski definition) is 1. The van der Waals surface area contributed by atoms with E-state index in [-0.39, 0.29) is 23.6 Å². The van der Waals surface area contributed by atoms with Crippen LogP contribution in [0.25, 0.3) is 22.0 Å². The second-order valence-corrected chi connectivity index (χ2v) is 10.5. The highest BCUT2D eigenvalue weighted by molar-refractivity contribution is 6.01. The minimum atomic E-state index is -0.684. The van der Waals surface area contributed by atoms with Crippen LogP contribution in [-0.2, 0) is 19.4 Å². The average Bonchev–Trinajstić information content (AvgIpc) is 3.46. The van der Waals surface area contributed by atoms with E-state index < -0.39 is 22.8 Å². The van der Waals surface area contributed by atoms with Crippen LogP contribution in [0.3, 0.4) is 0 Å². The standard InChI is InChI=1S/C34H27F2N3O4/c1-19-14-27-24(17-23(19)34(42)37-2)30(11-12-38-27)43-31-10-5-20(15-26(31)36)16-29(40)32-28-4-3-13-39(28)18-25(33(32)41)21-6-8-22(35)9-7-21/h5-12,14-15,17-18H,3-4,13,16H2,1-2H3,(H,37,42). The van der Waals surface area contributed by atoms with E-state index in [0.29, 0.717) is 57.6 Å². The number of rotatable bonds is 7. The van der Waals surface area contributed by atoms with Crippen LogP contribution < -0.4 is 15.5 Å². The summed E-state index contributed by atoms with van der Waals surface area (Å²) in [6, 6.07) is 14.8. The van der Waals surface area contributed by atoms with Crippen molar-refractivity contribution in [2.75, 3.05) is 7.05 Å². The Morgan fingerprint density at radius 1 is 1.02 bits per heavy atom. The van der Waals surface area contributed by atoms with Crippen molar-refractivity contribution in [1.82, 2.24) is 14.9 Å². The zero-order valence-corrected chi connectivity index (χ0v) is 23.5. The summed E-state index contributed by atoms with van der Waals surface area (Å²) >= 11 is 0. The van der Waals surface area contributed by atoms with Gasteiger partial charge in [0, 0.05) is 54.6 Å². The molecule has 3 heterocycles. The van der Waals surface area contributed by atoms with Crippen molar-refractivity contribution in [2.24, 2.45) is 0 Å². The molecule has 1 aliphatic heterocycles. The fraction of sp³-hybridized carbons (Fsp3) is 0.176. The maximum atomic E-state index is 15.3. The van der Waals surface area contributed by atoms with E-state index in [9.17, 15) is 18.8 Å². The predicted octanol–water partition coefficient (Wildman–Crippen LogP) is 6.17. The SMILES string of the molecule is CNC(=O)c1cc2c(Oc3ccc(CC(=O)c4c5n(cc(-c6ccc(F)cc6)c4=O)CCC5)cc3F)ccnc2cc1C. The highest BCUT2D eigenvalue weighted by Gasteiger charge is 2.25. The van der Waals surface area contributed by atoms with E-state index in [1.807, 2.05) is 4.57 Å². The molecule has 2 aromatic heterocycles. The van der Waals surface area contributed by atoms with Gasteiger partial charge in [-0.2, -0.15) is 0 Å². The van der Waals surface area contributed by atoms with Gasteiger partial charge in [0.25, 0.3) is 5.91 Å². The van der Waals surface area contributed by atoms with Gasteiger partial charge in [0.15, 0.2) is 22.8 Å². The molecule has 3 aromatic carbocycles. The first-order valence-electron chi connectivity index (χ1n) is 13.9. The van der Waals surface area contributed by atoms with Crippen molar-refractivity contribution in [3.05, 3.63) is 123 Å². The lowest BCUT2D eigenvalue weighted by Gasteiger charge is -2.14. The maximum absolute atomic E-state index is 15.3. The van der Waals surface area contributed by atoms with Crippen LogP contribution >= 0.6 is 0 Å². The number of amides is 1. The topological polar surface area (TPSA) is 90.3 Å². The van der Waals surface area contributed by atoms with Gasteiger partial charge in [-0.3, -0.25) is 19.4 Å². The normalized spacial score (nSPS) is 12.3. The summed E-state index contributed by atoms with van der Waals surface area (Å²) in [5.74, 6) is -1.52. The molecule has 0 atom stereocenters. The van der Waals surface area contributed by atoms with Gasteiger partial charge < -0.3 is 14.6 Å². The van der Waals surface area contributed by atoms with E-state index in [1.54, 1.807) is 50.6 Å². The van der Waals surface area contributed by atoms with E-state index >= 15 is 4.39 Å². The number of ketones is 1. The molecule has 0 spiro atoms. The first-order chi connectivity index (χ1) is 20.7. The largest absolute Gasteiger partial charge is 0.454 e. The number of aromatic nitrogens is 2. The molecule has 9 heteroatoms.